The minimum atomic E-state index is -1.19. The lowest BCUT2D eigenvalue weighted by Gasteiger charge is -1.99. The molecule has 0 saturated heterocycles. The van der Waals surface area contributed by atoms with Gasteiger partial charge in [-0.15, -0.1) is 0 Å². The first-order valence-corrected chi connectivity index (χ1v) is 3.69. The maximum absolute atomic E-state index is 9.84. The third-order valence-electron chi connectivity index (χ3n) is 0.982. The normalized spacial score (nSPS) is 11.0. The molecule has 0 aliphatic heterocycles. The average Bonchev–Trinajstić information content (AvgIpc) is 2.06. The molecule has 6 nitrogen and oxygen atoms in total. The molecule has 0 bridgehead atoms. The molecule has 13 heavy (non-hydrogen) atoms. The molecule has 0 aliphatic rings. The van der Waals surface area contributed by atoms with Gasteiger partial charge in [-0.3, -0.25) is 0 Å². The zero-order valence-electron chi connectivity index (χ0n) is 7.30. The van der Waals surface area contributed by atoms with Gasteiger partial charge in [0, 0.05) is 0 Å². The van der Waals surface area contributed by atoms with Crippen molar-refractivity contribution in [1.29, 1.82) is 0 Å². The maximum Gasteiger partial charge on any atom is 0.332 e. The predicted octanol–water partition coefficient (Wildman–Crippen LogP) is -0.705. The molecule has 0 saturated carbocycles. The summed E-state index contributed by atoms with van der Waals surface area (Å²) in [4.78, 5) is 19.0. The molecule has 0 heterocycles. The van der Waals surface area contributed by atoms with Gasteiger partial charge in [-0.2, -0.15) is 0 Å². The van der Waals surface area contributed by atoms with Gasteiger partial charge in [-0.05, 0) is 6.42 Å². The quantitative estimate of drug-likeness (QED) is 0.470. The fraction of sp³-hybridized carbons (Fsp3) is 0.714. The number of rotatable bonds is 4. The molecule has 4 N–H and O–H groups in total. The number of aliphatic hydroxyl groups is 2. The molecule has 78 valence electrons. The molecule has 0 fully saturated rings. The van der Waals surface area contributed by atoms with E-state index in [0.717, 1.165) is 0 Å². The topological polar surface area (TPSA) is 115 Å². The van der Waals surface area contributed by atoms with E-state index >= 15 is 0 Å². The predicted molar refractivity (Wildman–Crippen MR) is 43.3 cm³/mol. The Morgan fingerprint density at radius 3 is 1.77 bits per heavy atom. The van der Waals surface area contributed by atoms with E-state index in [1.54, 1.807) is 0 Å². The molecule has 0 rings (SSSR count). The molecular weight excluding hydrogens is 180 g/mol. The third-order valence-corrected chi connectivity index (χ3v) is 0.982. The van der Waals surface area contributed by atoms with Crippen LogP contribution < -0.4 is 0 Å². The number of hydrogen-bond donors (Lipinski definition) is 4. The standard InChI is InChI=1S/C5H10O3.C2H4O3/c1-2-3-4(6)5(7)8;3-1-2(4)5/h4,6H,2-3H2,1H3,(H,7,8);3H,1H2,(H,4,5). The molecule has 6 heteroatoms. The number of aliphatic carboxylic acids is 2. The highest BCUT2D eigenvalue weighted by molar-refractivity contribution is 5.71. The van der Waals surface area contributed by atoms with Gasteiger partial charge in [0.25, 0.3) is 0 Å². The van der Waals surface area contributed by atoms with Crippen LogP contribution in [-0.4, -0.2) is 45.1 Å². The van der Waals surface area contributed by atoms with Crippen molar-refractivity contribution in [1.82, 2.24) is 0 Å². The highest BCUT2D eigenvalue weighted by Crippen LogP contribution is 1.94. The first-order valence-electron chi connectivity index (χ1n) is 3.69. The van der Waals surface area contributed by atoms with Gasteiger partial charge in [0.1, 0.15) is 6.61 Å². The highest BCUT2D eigenvalue weighted by Gasteiger charge is 2.09. The van der Waals surface area contributed by atoms with Gasteiger partial charge in [0.05, 0.1) is 0 Å². The lowest BCUT2D eigenvalue weighted by atomic mass is 10.2. The SMILES string of the molecule is CCCC(O)C(=O)O.O=C(O)CO. The van der Waals surface area contributed by atoms with E-state index in [4.69, 9.17) is 25.2 Å². The third kappa shape index (κ3) is 13.8. The van der Waals surface area contributed by atoms with Crippen molar-refractivity contribution in [2.24, 2.45) is 0 Å². The second-order valence-corrected chi connectivity index (χ2v) is 2.19. The zero-order valence-corrected chi connectivity index (χ0v) is 7.30. The second kappa shape index (κ2) is 8.95. The van der Waals surface area contributed by atoms with Crippen molar-refractivity contribution < 1.29 is 30.0 Å². The Hall–Kier alpha value is -1.14. The summed E-state index contributed by atoms with van der Waals surface area (Å²) in [5, 5.41) is 31.6. The summed E-state index contributed by atoms with van der Waals surface area (Å²) < 4.78 is 0. The highest BCUT2D eigenvalue weighted by atomic mass is 16.4. The molecular formula is C7H14O6. The van der Waals surface area contributed by atoms with Crippen LogP contribution in [0.15, 0.2) is 0 Å². The van der Waals surface area contributed by atoms with E-state index in [-0.39, 0.29) is 0 Å². The Balaban J connectivity index is 0. The minimum absolute atomic E-state index is 0.343. The van der Waals surface area contributed by atoms with Crippen LogP contribution in [0.4, 0.5) is 0 Å². The Morgan fingerprint density at radius 2 is 1.69 bits per heavy atom. The van der Waals surface area contributed by atoms with Crippen molar-refractivity contribution in [3.63, 3.8) is 0 Å². The van der Waals surface area contributed by atoms with Gasteiger partial charge >= 0.3 is 11.9 Å². The van der Waals surface area contributed by atoms with Crippen molar-refractivity contribution in [3.8, 4) is 0 Å². The van der Waals surface area contributed by atoms with E-state index in [1.165, 1.54) is 0 Å². The van der Waals surface area contributed by atoms with Crippen LogP contribution in [0.5, 0.6) is 0 Å². The van der Waals surface area contributed by atoms with E-state index < -0.39 is 24.6 Å². The van der Waals surface area contributed by atoms with Crippen LogP contribution in [0.25, 0.3) is 0 Å². The van der Waals surface area contributed by atoms with Gasteiger partial charge in [0.15, 0.2) is 6.10 Å². The van der Waals surface area contributed by atoms with Crippen molar-refractivity contribution in [2.45, 2.75) is 25.9 Å². The van der Waals surface area contributed by atoms with Gasteiger partial charge < -0.3 is 20.4 Å². The van der Waals surface area contributed by atoms with Crippen LogP contribution in [0.2, 0.25) is 0 Å². The number of carbonyl (C=O) groups is 2. The summed E-state index contributed by atoms with van der Waals surface area (Å²) in [6, 6.07) is 0. The van der Waals surface area contributed by atoms with Gasteiger partial charge in [-0.25, -0.2) is 9.59 Å². The summed E-state index contributed by atoms with van der Waals surface area (Å²) in [6.45, 7) is 1.05. The molecule has 1 unspecified atom stereocenters. The summed E-state index contributed by atoms with van der Waals surface area (Å²) in [5.74, 6) is -2.32. The Bertz CT molecular complexity index is 155. The first-order chi connectivity index (χ1) is 5.95. The molecule has 0 amide bonds. The largest absolute Gasteiger partial charge is 0.480 e. The smallest absolute Gasteiger partial charge is 0.332 e. The number of carboxylic acids is 2. The fourth-order valence-electron chi connectivity index (χ4n) is 0.397. The zero-order chi connectivity index (χ0) is 10.9. The molecule has 0 spiro atoms. The van der Waals surface area contributed by atoms with E-state index in [1.807, 2.05) is 6.92 Å². The Morgan fingerprint density at radius 1 is 1.31 bits per heavy atom. The molecule has 1 atom stereocenters. The van der Waals surface area contributed by atoms with Crippen LogP contribution in [0, 0.1) is 0 Å². The molecule has 0 aromatic rings. The molecule has 0 aliphatic carbocycles. The summed E-state index contributed by atoms with van der Waals surface area (Å²) in [6.07, 6.45) is -0.122. The Labute approximate surface area is 75.4 Å². The van der Waals surface area contributed by atoms with Gasteiger partial charge in [-0.1, -0.05) is 13.3 Å². The molecule has 0 aromatic carbocycles. The van der Waals surface area contributed by atoms with E-state index in [9.17, 15) is 4.79 Å². The average molecular weight is 194 g/mol. The lowest BCUT2D eigenvalue weighted by Crippen LogP contribution is -2.18. The Kier molecular flexibility index (Phi) is 9.91. The van der Waals surface area contributed by atoms with Crippen molar-refractivity contribution in [3.05, 3.63) is 0 Å². The van der Waals surface area contributed by atoms with Crippen LogP contribution in [-0.2, 0) is 9.59 Å². The van der Waals surface area contributed by atoms with E-state index in [2.05, 4.69) is 0 Å². The second-order valence-electron chi connectivity index (χ2n) is 2.19. The van der Waals surface area contributed by atoms with Crippen molar-refractivity contribution in [2.75, 3.05) is 6.61 Å². The number of carboxylic acid groups (broad SMARTS) is 2. The maximum atomic E-state index is 9.84. The fourth-order valence-corrected chi connectivity index (χ4v) is 0.397. The van der Waals surface area contributed by atoms with Crippen LogP contribution in [0.1, 0.15) is 19.8 Å². The summed E-state index contributed by atoms with van der Waals surface area (Å²) in [5.41, 5.74) is 0. The summed E-state index contributed by atoms with van der Waals surface area (Å²) in [7, 11) is 0. The monoisotopic (exact) mass is 194 g/mol. The number of hydrogen-bond acceptors (Lipinski definition) is 4. The minimum Gasteiger partial charge on any atom is -0.480 e. The number of aliphatic hydroxyl groups excluding tert-OH is 2. The summed E-state index contributed by atoms with van der Waals surface area (Å²) >= 11 is 0. The molecule has 0 aromatic heterocycles. The first kappa shape index (κ1) is 14.4. The lowest BCUT2D eigenvalue weighted by molar-refractivity contribution is -0.147. The molecule has 0 radical (unpaired) electrons. The van der Waals surface area contributed by atoms with Crippen LogP contribution >= 0.6 is 0 Å². The van der Waals surface area contributed by atoms with Crippen LogP contribution in [0.3, 0.4) is 0 Å². The van der Waals surface area contributed by atoms with Gasteiger partial charge in [0.2, 0.25) is 0 Å². The van der Waals surface area contributed by atoms with Crippen molar-refractivity contribution >= 4 is 11.9 Å². The van der Waals surface area contributed by atoms with E-state index in [0.29, 0.717) is 12.8 Å².